The molecule has 0 spiro atoms. The molecule has 0 aliphatic carbocycles. The van der Waals surface area contributed by atoms with Crippen molar-refractivity contribution in [3.05, 3.63) is 40.4 Å². The molecule has 0 amide bonds. The molecule has 0 saturated carbocycles. The van der Waals surface area contributed by atoms with Gasteiger partial charge in [-0.1, -0.05) is 23.2 Å². The van der Waals surface area contributed by atoms with Gasteiger partial charge < -0.3 is 10.5 Å². The van der Waals surface area contributed by atoms with Crippen LogP contribution in [0.2, 0.25) is 10.0 Å². The molecule has 0 aliphatic heterocycles. The Labute approximate surface area is 106 Å². The maximum absolute atomic E-state index is 12.9. The van der Waals surface area contributed by atoms with Gasteiger partial charge in [0, 0.05) is 6.07 Å². The predicted molar refractivity (Wildman–Crippen MR) is 62.9 cm³/mol. The number of benzene rings is 1. The summed E-state index contributed by atoms with van der Waals surface area (Å²) in [5, 5.41) is 0.0357. The highest BCUT2D eigenvalue weighted by Gasteiger charge is 2.10. The topological polar surface area (TPSA) is 61.0 Å². The normalized spacial score (nSPS) is 10.3. The molecule has 88 valence electrons. The van der Waals surface area contributed by atoms with Crippen LogP contribution >= 0.6 is 23.2 Å². The molecule has 2 rings (SSSR count). The van der Waals surface area contributed by atoms with Gasteiger partial charge in [0.15, 0.2) is 0 Å². The van der Waals surface area contributed by atoms with E-state index in [1.165, 1.54) is 24.5 Å². The van der Waals surface area contributed by atoms with Gasteiger partial charge in [0.2, 0.25) is 5.88 Å². The fraction of sp³-hybridized carbons (Fsp3) is 0. The zero-order chi connectivity index (χ0) is 12.4. The second kappa shape index (κ2) is 4.73. The molecule has 2 N–H and O–H groups in total. The first-order chi connectivity index (χ1) is 8.08. The van der Waals surface area contributed by atoms with E-state index in [0.717, 1.165) is 0 Å². The van der Waals surface area contributed by atoms with Gasteiger partial charge in [0.1, 0.15) is 28.7 Å². The monoisotopic (exact) mass is 273 g/mol. The minimum absolute atomic E-state index is 0.0550. The Morgan fingerprint density at radius 2 is 2.00 bits per heavy atom. The van der Waals surface area contributed by atoms with E-state index in [1.54, 1.807) is 0 Å². The van der Waals surface area contributed by atoms with Crippen LogP contribution in [0.25, 0.3) is 0 Å². The lowest BCUT2D eigenvalue weighted by Crippen LogP contribution is -1.96. The maximum Gasteiger partial charge on any atom is 0.243 e. The summed E-state index contributed by atoms with van der Waals surface area (Å²) in [4.78, 5) is 7.49. The standard InChI is InChI=1S/C10H6Cl2FN3O/c11-6-3-5(1-2-7(6)13)17-10-8(12)9(14)15-4-16-10/h1-4H,(H2,14,15,16). The highest BCUT2D eigenvalue weighted by molar-refractivity contribution is 6.34. The van der Waals surface area contributed by atoms with Crippen molar-refractivity contribution < 1.29 is 9.13 Å². The fourth-order valence-corrected chi connectivity index (χ4v) is 1.40. The lowest BCUT2D eigenvalue weighted by Gasteiger charge is -2.07. The molecule has 1 aromatic carbocycles. The van der Waals surface area contributed by atoms with Crippen LogP contribution in [0.1, 0.15) is 0 Å². The molecular formula is C10H6Cl2FN3O. The summed E-state index contributed by atoms with van der Waals surface area (Å²) < 4.78 is 18.2. The zero-order valence-electron chi connectivity index (χ0n) is 8.32. The summed E-state index contributed by atoms with van der Waals surface area (Å²) in [6, 6.07) is 3.89. The third kappa shape index (κ3) is 2.57. The Balaban J connectivity index is 2.31. The Morgan fingerprint density at radius 3 is 2.71 bits per heavy atom. The second-order valence-corrected chi connectivity index (χ2v) is 3.84. The van der Waals surface area contributed by atoms with E-state index in [-0.39, 0.29) is 21.7 Å². The van der Waals surface area contributed by atoms with E-state index < -0.39 is 5.82 Å². The predicted octanol–water partition coefficient (Wildman–Crippen LogP) is 3.30. The third-order valence-electron chi connectivity index (χ3n) is 1.89. The molecule has 0 bridgehead atoms. The number of rotatable bonds is 2. The highest BCUT2D eigenvalue weighted by Crippen LogP contribution is 2.31. The van der Waals surface area contributed by atoms with Gasteiger partial charge in [-0.15, -0.1) is 0 Å². The Hall–Kier alpha value is -1.59. The van der Waals surface area contributed by atoms with Gasteiger partial charge in [-0.05, 0) is 12.1 Å². The summed E-state index contributed by atoms with van der Waals surface area (Å²) in [7, 11) is 0. The van der Waals surface area contributed by atoms with Gasteiger partial charge in [0.05, 0.1) is 5.02 Å². The average molecular weight is 274 g/mol. The van der Waals surface area contributed by atoms with Gasteiger partial charge in [-0.3, -0.25) is 0 Å². The van der Waals surface area contributed by atoms with Gasteiger partial charge in [0.25, 0.3) is 0 Å². The van der Waals surface area contributed by atoms with Crippen LogP contribution in [0.5, 0.6) is 11.6 Å². The number of hydrogen-bond donors (Lipinski definition) is 1. The quantitative estimate of drug-likeness (QED) is 0.912. The van der Waals surface area contributed by atoms with Crippen molar-refractivity contribution in [3.8, 4) is 11.6 Å². The van der Waals surface area contributed by atoms with E-state index in [9.17, 15) is 4.39 Å². The number of aromatic nitrogens is 2. The van der Waals surface area contributed by atoms with Crippen molar-refractivity contribution in [1.29, 1.82) is 0 Å². The Morgan fingerprint density at radius 1 is 1.24 bits per heavy atom. The summed E-state index contributed by atoms with van der Waals surface area (Å²) in [5.41, 5.74) is 5.48. The summed E-state index contributed by atoms with van der Waals surface area (Å²) in [6.07, 6.45) is 1.21. The lowest BCUT2D eigenvalue weighted by atomic mass is 10.3. The zero-order valence-corrected chi connectivity index (χ0v) is 9.84. The molecule has 1 aromatic heterocycles. The molecule has 0 radical (unpaired) electrons. The number of ether oxygens (including phenoxy) is 1. The molecule has 0 aliphatic rings. The van der Waals surface area contributed by atoms with Crippen molar-refractivity contribution in [2.45, 2.75) is 0 Å². The molecule has 4 nitrogen and oxygen atoms in total. The van der Waals surface area contributed by atoms with Crippen LogP contribution in [-0.4, -0.2) is 9.97 Å². The SMILES string of the molecule is Nc1ncnc(Oc2ccc(F)c(Cl)c2)c1Cl. The largest absolute Gasteiger partial charge is 0.437 e. The van der Waals surface area contributed by atoms with Crippen molar-refractivity contribution in [3.63, 3.8) is 0 Å². The first kappa shape index (κ1) is 11.9. The highest BCUT2D eigenvalue weighted by atomic mass is 35.5. The third-order valence-corrected chi connectivity index (χ3v) is 2.53. The molecular weight excluding hydrogens is 268 g/mol. The van der Waals surface area contributed by atoms with Crippen molar-refractivity contribution in [2.75, 3.05) is 5.73 Å². The van der Waals surface area contributed by atoms with Crippen LogP contribution in [0.4, 0.5) is 10.2 Å². The van der Waals surface area contributed by atoms with E-state index in [4.69, 9.17) is 33.7 Å². The smallest absolute Gasteiger partial charge is 0.243 e. The Kier molecular flexibility index (Phi) is 3.31. The molecule has 2 aromatic rings. The fourth-order valence-electron chi connectivity index (χ4n) is 1.09. The minimum atomic E-state index is -0.535. The number of nitrogens with zero attached hydrogens (tertiary/aromatic N) is 2. The molecule has 7 heteroatoms. The van der Waals surface area contributed by atoms with Crippen LogP contribution in [0.3, 0.4) is 0 Å². The molecule has 0 fully saturated rings. The first-order valence-electron chi connectivity index (χ1n) is 4.47. The van der Waals surface area contributed by atoms with Gasteiger partial charge in [-0.2, -0.15) is 4.98 Å². The second-order valence-electron chi connectivity index (χ2n) is 3.06. The van der Waals surface area contributed by atoms with E-state index >= 15 is 0 Å². The van der Waals surface area contributed by atoms with Crippen LogP contribution in [0.15, 0.2) is 24.5 Å². The van der Waals surface area contributed by atoms with Crippen molar-refractivity contribution in [2.24, 2.45) is 0 Å². The summed E-state index contributed by atoms with van der Waals surface area (Å²) in [5.74, 6) is -0.0459. The van der Waals surface area contributed by atoms with Gasteiger partial charge >= 0.3 is 0 Å². The Bertz CT molecular complexity index is 565. The van der Waals surface area contributed by atoms with Crippen LogP contribution in [0, 0.1) is 5.82 Å². The lowest BCUT2D eigenvalue weighted by molar-refractivity contribution is 0.460. The van der Waals surface area contributed by atoms with Crippen LogP contribution in [-0.2, 0) is 0 Å². The van der Waals surface area contributed by atoms with Crippen LogP contribution < -0.4 is 10.5 Å². The molecule has 0 atom stereocenters. The molecule has 0 unspecified atom stereocenters. The number of nitrogens with two attached hydrogens (primary N) is 1. The number of hydrogen-bond acceptors (Lipinski definition) is 4. The molecule has 17 heavy (non-hydrogen) atoms. The van der Waals surface area contributed by atoms with E-state index in [1.807, 2.05) is 0 Å². The van der Waals surface area contributed by atoms with E-state index in [0.29, 0.717) is 5.75 Å². The number of anilines is 1. The number of nitrogen functional groups attached to an aromatic ring is 1. The average Bonchev–Trinajstić information content (AvgIpc) is 2.30. The first-order valence-corrected chi connectivity index (χ1v) is 5.22. The number of halogens is 3. The summed E-state index contributed by atoms with van der Waals surface area (Å²) in [6.45, 7) is 0. The summed E-state index contributed by atoms with van der Waals surface area (Å²) >= 11 is 11.4. The van der Waals surface area contributed by atoms with Gasteiger partial charge in [-0.25, -0.2) is 9.37 Å². The van der Waals surface area contributed by atoms with E-state index in [2.05, 4.69) is 9.97 Å². The minimum Gasteiger partial charge on any atom is -0.437 e. The van der Waals surface area contributed by atoms with Crippen molar-refractivity contribution in [1.82, 2.24) is 9.97 Å². The van der Waals surface area contributed by atoms with Crippen molar-refractivity contribution >= 4 is 29.0 Å². The maximum atomic E-state index is 12.9. The molecule has 1 heterocycles. The molecule has 0 saturated heterocycles.